The first-order valence-electron chi connectivity index (χ1n) is 29.2. The molecule has 0 spiro atoms. The Morgan fingerprint density at radius 2 is 0.635 bits per heavy atom. The number of nitrogens with zero attached hydrogens (tertiary/aromatic N) is 1. The minimum absolute atomic E-state index is 0.0221. The number of nitrogens with one attached hydrogen (secondary N) is 9. The van der Waals surface area contributed by atoms with Crippen molar-refractivity contribution in [3.05, 3.63) is 119 Å². The minimum Gasteiger partial charge on any atom is -0.448 e. The number of fused-ring (bicyclic) bond motifs is 3. The molecule has 458 valence electrons. The summed E-state index contributed by atoms with van der Waals surface area (Å²) < 4.78 is 18.1. The summed E-state index contributed by atoms with van der Waals surface area (Å²) in [7, 11) is 0. The molecule has 22 heteroatoms. The Morgan fingerprint density at radius 3 is 0.871 bits per heavy atom. The third kappa shape index (κ3) is 18.0. The third-order valence-electron chi connectivity index (χ3n) is 14.1. The van der Waals surface area contributed by atoms with Crippen LogP contribution in [0.3, 0.4) is 0 Å². The van der Waals surface area contributed by atoms with E-state index in [1.165, 1.54) is 0 Å². The van der Waals surface area contributed by atoms with E-state index in [-0.39, 0.29) is 107 Å². The van der Waals surface area contributed by atoms with Crippen molar-refractivity contribution in [2.24, 2.45) is 0 Å². The SMILES string of the molecule is CCCCNC(=O)c1cc(=O)c2cc(C(C)(C)C)cc(NC(=O)NCCN(CCNC(=O)Nc3cc(C(C)(C)C)cc4c(=O)cc(C(=O)NCCCC)oc34)CCNC(=O)Nc3cc(C(C)(C)C)cc4c(=O)cc(C(=O)NCCCC)oc34)c2o1. The topological polar surface area (TPSA) is 305 Å². The van der Waals surface area contributed by atoms with Gasteiger partial charge in [0.2, 0.25) is 0 Å². The van der Waals surface area contributed by atoms with E-state index in [1.54, 1.807) is 36.4 Å². The molecule has 0 radical (unpaired) electrons. The predicted molar refractivity (Wildman–Crippen MR) is 333 cm³/mol. The molecule has 0 saturated carbocycles. The van der Waals surface area contributed by atoms with E-state index in [4.69, 9.17) is 13.3 Å². The van der Waals surface area contributed by atoms with Gasteiger partial charge in [-0.25, -0.2) is 14.4 Å². The van der Waals surface area contributed by atoms with Crippen molar-refractivity contribution in [1.82, 2.24) is 36.8 Å². The maximum Gasteiger partial charge on any atom is 0.319 e. The number of rotatable bonds is 24. The quantitative estimate of drug-likeness (QED) is 0.0255. The Labute approximate surface area is 494 Å². The maximum atomic E-state index is 13.8. The zero-order valence-electron chi connectivity index (χ0n) is 51.1. The lowest BCUT2D eigenvalue weighted by Crippen LogP contribution is -2.44. The second-order valence-electron chi connectivity index (χ2n) is 24.2. The molecule has 85 heavy (non-hydrogen) atoms. The van der Waals surface area contributed by atoms with Crippen LogP contribution in [0.5, 0.6) is 0 Å². The van der Waals surface area contributed by atoms with Gasteiger partial charge >= 0.3 is 18.1 Å². The van der Waals surface area contributed by atoms with E-state index in [2.05, 4.69) is 47.9 Å². The van der Waals surface area contributed by atoms with Crippen molar-refractivity contribution in [1.29, 1.82) is 0 Å². The minimum atomic E-state index is -0.654. The Kier molecular flexibility index (Phi) is 22.3. The first-order chi connectivity index (χ1) is 40.1. The molecule has 9 N–H and O–H groups in total. The maximum absolute atomic E-state index is 13.8. The molecule has 0 atom stereocenters. The second-order valence-corrected chi connectivity index (χ2v) is 24.2. The molecule has 0 aliphatic heterocycles. The Bertz CT molecular complexity index is 3250. The molecule has 0 unspecified atom stereocenters. The van der Waals surface area contributed by atoms with Crippen molar-refractivity contribution in [3.8, 4) is 0 Å². The summed E-state index contributed by atoms with van der Waals surface area (Å²) in [6.45, 7) is 25.4. The Balaban J connectivity index is 1.23. The highest BCUT2D eigenvalue weighted by Crippen LogP contribution is 2.34. The number of benzene rings is 3. The molecule has 0 saturated heterocycles. The van der Waals surface area contributed by atoms with Gasteiger partial charge in [0.25, 0.3) is 17.7 Å². The van der Waals surface area contributed by atoms with E-state index in [0.29, 0.717) is 19.6 Å². The van der Waals surface area contributed by atoms with E-state index in [1.807, 2.05) is 88.0 Å². The van der Waals surface area contributed by atoms with Gasteiger partial charge in [-0.05, 0) is 88.6 Å². The monoisotopic (exact) mass is 1170 g/mol. The fraction of sp³-hybridized carbons (Fsp3) is 0.476. The number of anilines is 3. The highest BCUT2D eigenvalue weighted by Gasteiger charge is 2.26. The molecular weight excluding hydrogens is 1090 g/mol. The number of carbonyl (C=O) groups excluding carboxylic acids is 6. The molecular formula is C63H84N10O12. The summed E-state index contributed by atoms with van der Waals surface area (Å²) in [4.78, 5) is 123. The van der Waals surface area contributed by atoms with Crippen LogP contribution >= 0.6 is 0 Å². The third-order valence-corrected chi connectivity index (χ3v) is 14.1. The van der Waals surface area contributed by atoms with Crippen molar-refractivity contribution in [2.45, 2.75) is 138 Å². The molecule has 0 bridgehead atoms. The van der Waals surface area contributed by atoms with Crippen molar-refractivity contribution >= 4 is 85.8 Å². The molecule has 6 aromatic rings. The molecule has 3 aromatic heterocycles. The van der Waals surface area contributed by atoms with Crippen molar-refractivity contribution in [2.75, 3.05) is 74.9 Å². The molecule has 0 fully saturated rings. The average Bonchev–Trinajstić information content (AvgIpc) is 1.96. The van der Waals surface area contributed by atoms with Crippen LogP contribution in [0.15, 0.2) is 82.2 Å². The molecule has 3 aromatic carbocycles. The van der Waals surface area contributed by atoms with Gasteiger partial charge < -0.3 is 61.1 Å². The Morgan fingerprint density at radius 1 is 0.376 bits per heavy atom. The predicted octanol–water partition coefficient (Wildman–Crippen LogP) is 9.55. The Hall–Kier alpha value is -8.53. The van der Waals surface area contributed by atoms with E-state index < -0.39 is 68.3 Å². The molecule has 0 aliphatic carbocycles. The fourth-order valence-electron chi connectivity index (χ4n) is 8.90. The zero-order valence-corrected chi connectivity index (χ0v) is 51.1. The van der Waals surface area contributed by atoms with Gasteiger partial charge in [-0.3, -0.25) is 33.7 Å². The van der Waals surface area contributed by atoms with Crippen LogP contribution in [0, 0.1) is 0 Å². The van der Waals surface area contributed by atoms with Crippen LogP contribution in [-0.2, 0) is 16.2 Å². The number of unbranched alkanes of at least 4 members (excludes halogenated alkanes) is 3. The molecule has 0 aliphatic rings. The van der Waals surface area contributed by atoms with Crippen LogP contribution in [0.4, 0.5) is 31.4 Å². The highest BCUT2D eigenvalue weighted by atomic mass is 16.4. The van der Waals surface area contributed by atoms with Crippen LogP contribution < -0.4 is 64.1 Å². The zero-order chi connectivity index (χ0) is 62.4. The molecule has 22 nitrogen and oxygen atoms in total. The standard InChI is InChI=1S/C63H84N10O12/c1-13-16-19-64-55(77)49-34-46(74)40-28-37(61(4,5)6)31-43(52(40)83-49)70-58(80)67-22-25-73(26-23-68-59(81)71-44-32-38(62(7,8)9)29-41-47(75)35-50(84-53(41)44)56(78)65-20-17-14-2)27-24-69-60(82)72-45-33-39(63(10,11)12)30-42-48(76)36-51(85-54(42)45)57(79)66-21-18-15-3/h28-36H,13-27H2,1-12H3,(H,64,77)(H,65,78)(H,66,79)(H2,67,70,80)(H2,68,71,81)(H2,69,72,82). The van der Waals surface area contributed by atoms with Crippen molar-refractivity contribution in [3.63, 3.8) is 0 Å². The summed E-state index contributed by atoms with van der Waals surface area (Å²) >= 11 is 0. The van der Waals surface area contributed by atoms with Gasteiger partial charge in [-0.15, -0.1) is 0 Å². The summed E-state index contributed by atoms with van der Waals surface area (Å²) in [5.41, 5.74) is 0.0188. The van der Waals surface area contributed by atoms with Gasteiger partial charge in [0.05, 0.1) is 33.2 Å². The fourth-order valence-corrected chi connectivity index (χ4v) is 8.90. The first-order valence-corrected chi connectivity index (χ1v) is 29.2. The molecule has 9 amide bonds. The summed E-state index contributed by atoms with van der Waals surface area (Å²) in [6, 6.07) is 11.6. The summed E-state index contributed by atoms with van der Waals surface area (Å²) in [6.07, 6.45) is 4.72. The smallest absolute Gasteiger partial charge is 0.319 e. The van der Waals surface area contributed by atoms with E-state index in [9.17, 15) is 43.2 Å². The number of urea groups is 3. The average molecular weight is 1170 g/mol. The van der Waals surface area contributed by atoms with Crippen LogP contribution in [0.25, 0.3) is 32.9 Å². The van der Waals surface area contributed by atoms with Gasteiger partial charge in [-0.2, -0.15) is 0 Å². The lowest BCUT2D eigenvalue weighted by molar-refractivity contribution is 0.0918. The largest absolute Gasteiger partial charge is 0.448 e. The number of carbonyl (C=O) groups is 6. The number of amides is 9. The van der Waals surface area contributed by atoms with Crippen LogP contribution in [-0.4, -0.2) is 99.6 Å². The molecule has 3 heterocycles. The van der Waals surface area contributed by atoms with E-state index in [0.717, 1.165) is 73.4 Å². The van der Waals surface area contributed by atoms with Gasteiger partial charge in [0.1, 0.15) is 0 Å². The number of hydrogen-bond acceptors (Lipinski definition) is 13. The highest BCUT2D eigenvalue weighted by molar-refractivity contribution is 6.03. The van der Waals surface area contributed by atoms with Crippen LogP contribution in [0.2, 0.25) is 0 Å². The van der Waals surface area contributed by atoms with Gasteiger partial charge in [0, 0.05) is 77.1 Å². The van der Waals surface area contributed by atoms with Gasteiger partial charge in [0.15, 0.2) is 50.3 Å². The van der Waals surface area contributed by atoms with Crippen LogP contribution in [0.1, 0.15) is 170 Å². The lowest BCUT2D eigenvalue weighted by Gasteiger charge is -2.24. The first kappa shape index (κ1) is 65.6. The normalized spacial score (nSPS) is 11.8. The summed E-state index contributed by atoms with van der Waals surface area (Å²) in [5.74, 6) is -2.30. The molecule has 6 rings (SSSR count). The second kappa shape index (κ2) is 28.8. The van der Waals surface area contributed by atoms with Crippen molar-refractivity contribution < 1.29 is 42.0 Å². The van der Waals surface area contributed by atoms with Gasteiger partial charge in [-0.1, -0.05) is 102 Å². The summed E-state index contributed by atoms with van der Waals surface area (Å²) in [5, 5.41) is 25.8. The number of hydrogen-bond donors (Lipinski definition) is 9. The lowest BCUT2D eigenvalue weighted by atomic mass is 9.86. The van der Waals surface area contributed by atoms with E-state index >= 15 is 0 Å².